The number of hydrogen-bond acceptors (Lipinski definition) is 2. The van der Waals surface area contributed by atoms with Gasteiger partial charge in [0.15, 0.2) is 0 Å². The minimum atomic E-state index is 0.147. The van der Waals surface area contributed by atoms with E-state index in [0.717, 1.165) is 39.0 Å². The van der Waals surface area contributed by atoms with Gasteiger partial charge in [0, 0.05) is 19.6 Å². The molecule has 1 aromatic rings. The molecule has 0 unspecified atom stereocenters. The second kappa shape index (κ2) is 7.44. The number of carbonyl (C=O) groups excluding carboxylic acids is 1. The second-order valence-corrected chi connectivity index (χ2v) is 5.81. The molecule has 1 atom stereocenters. The maximum atomic E-state index is 11.9. The van der Waals surface area contributed by atoms with Gasteiger partial charge >= 0.3 is 0 Å². The molecule has 0 bridgehead atoms. The number of benzene rings is 1. The number of nitrogens with one attached hydrogen (secondary N) is 1. The van der Waals surface area contributed by atoms with Gasteiger partial charge in [-0.1, -0.05) is 18.2 Å². The predicted octanol–water partition coefficient (Wildman–Crippen LogP) is 2.78. The van der Waals surface area contributed by atoms with Crippen LogP contribution in [0, 0.1) is 19.8 Å². The van der Waals surface area contributed by atoms with Crippen molar-refractivity contribution < 1.29 is 9.53 Å². The predicted molar refractivity (Wildman–Crippen MR) is 80.8 cm³/mol. The summed E-state index contributed by atoms with van der Waals surface area (Å²) in [4.78, 5) is 11.9. The summed E-state index contributed by atoms with van der Waals surface area (Å²) >= 11 is 0. The maximum absolute atomic E-state index is 11.9. The van der Waals surface area contributed by atoms with Gasteiger partial charge in [-0.15, -0.1) is 0 Å². The van der Waals surface area contributed by atoms with Crippen LogP contribution in [0.4, 0.5) is 0 Å². The Labute approximate surface area is 121 Å². The minimum Gasteiger partial charge on any atom is -0.381 e. The number of ether oxygens (including phenoxy) is 1. The normalized spacial score (nSPS) is 18.8. The number of hydrogen-bond donors (Lipinski definition) is 1. The van der Waals surface area contributed by atoms with Crippen LogP contribution in [0.15, 0.2) is 18.2 Å². The summed E-state index contributed by atoms with van der Waals surface area (Å²) in [5.74, 6) is 0.642. The van der Waals surface area contributed by atoms with E-state index in [1.54, 1.807) is 0 Å². The average molecular weight is 275 g/mol. The van der Waals surface area contributed by atoms with Crippen LogP contribution < -0.4 is 5.32 Å². The highest BCUT2D eigenvalue weighted by molar-refractivity contribution is 5.76. The lowest BCUT2D eigenvalue weighted by molar-refractivity contribution is -0.121. The largest absolute Gasteiger partial charge is 0.381 e. The summed E-state index contributed by atoms with van der Waals surface area (Å²) in [6.07, 6.45) is 3.66. The first-order valence-electron chi connectivity index (χ1n) is 7.55. The topological polar surface area (TPSA) is 38.3 Å². The number of carbonyl (C=O) groups is 1. The lowest BCUT2D eigenvalue weighted by atomic mass is 10.0. The summed E-state index contributed by atoms with van der Waals surface area (Å²) < 4.78 is 5.42. The zero-order valence-electron chi connectivity index (χ0n) is 12.6. The van der Waals surface area contributed by atoms with Crippen LogP contribution in [0.25, 0.3) is 0 Å². The molecule has 1 fully saturated rings. The third-order valence-corrected chi connectivity index (χ3v) is 4.05. The van der Waals surface area contributed by atoms with Crippen molar-refractivity contribution in [3.63, 3.8) is 0 Å². The zero-order chi connectivity index (χ0) is 14.4. The molecule has 0 aromatic heterocycles. The van der Waals surface area contributed by atoms with Crippen molar-refractivity contribution in [2.75, 3.05) is 19.8 Å². The van der Waals surface area contributed by atoms with Crippen LogP contribution in [0.1, 0.15) is 36.0 Å². The molecule has 1 saturated heterocycles. The van der Waals surface area contributed by atoms with Gasteiger partial charge in [-0.2, -0.15) is 0 Å². The molecule has 110 valence electrons. The van der Waals surface area contributed by atoms with Crippen LogP contribution in [-0.4, -0.2) is 25.7 Å². The first kappa shape index (κ1) is 15.0. The Kier molecular flexibility index (Phi) is 5.60. The SMILES string of the molecule is Cc1ccc(CCC(=O)NC[C@@H]2CCCOC2)cc1C. The van der Waals surface area contributed by atoms with Gasteiger partial charge in [0.2, 0.25) is 5.91 Å². The van der Waals surface area contributed by atoms with Gasteiger partial charge in [0.25, 0.3) is 0 Å². The number of rotatable bonds is 5. The highest BCUT2D eigenvalue weighted by Crippen LogP contribution is 2.13. The third-order valence-electron chi connectivity index (χ3n) is 4.05. The second-order valence-electron chi connectivity index (χ2n) is 5.81. The Hall–Kier alpha value is -1.35. The van der Waals surface area contributed by atoms with E-state index in [-0.39, 0.29) is 5.91 Å². The van der Waals surface area contributed by atoms with Crippen molar-refractivity contribution in [3.05, 3.63) is 34.9 Å². The van der Waals surface area contributed by atoms with Crippen molar-refractivity contribution in [2.24, 2.45) is 5.92 Å². The summed E-state index contributed by atoms with van der Waals surface area (Å²) in [6.45, 7) is 6.64. The van der Waals surface area contributed by atoms with Crippen LogP contribution >= 0.6 is 0 Å². The molecule has 0 radical (unpaired) electrons. The molecular formula is C17H25NO2. The van der Waals surface area contributed by atoms with E-state index in [4.69, 9.17) is 4.74 Å². The molecule has 1 heterocycles. The van der Waals surface area contributed by atoms with Crippen molar-refractivity contribution in [2.45, 2.75) is 39.5 Å². The quantitative estimate of drug-likeness (QED) is 0.897. The molecule has 3 nitrogen and oxygen atoms in total. The fourth-order valence-electron chi connectivity index (χ4n) is 2.53. The number of amides is 1. The smallest absolute Gasteiger partial charge is 0.220 e. The Morgan fingerprint density at radius 2 is 2.20 bits per heavy atom. The molecule has 1 amide bonds. The van der Waals surface area contributed by atoms with Gasteiger partial charge in [0.1, 0.15) is 0 Å². The first-order chi connectivity index (χ1) is 9.65. The number of aryl methyl sites for hydroxylation is 3. The van der Waals surface area contributed by atoms with E-state index >= 15 is 0 Å². The van der Waals surface area contributed by atoms with Gasteiger partial charge < -0.3 is 10.1 Å². The molecule has 0 spiro atoms. The molecule has 2 rings (SSSR count). The third kappa shape index (κ3) is 4.64. The van der Waals surface area contributed by atoms with Crippen LogP contribution in [0.2, 0.25) is 0 Å². The fourth-order valence-corrected chi connectivity index (χ4v) is 2.53. The van der Waals surface area contributed by atoms with E-state index < -0.39 is 0 Å². The summed E-state index contributed by atoms with van der Waals surface area (Å²) in [5, 5.41) is 3.03. The Bertz CT molecular complexity index is 450. The van der Waals surface area contributed by atoms with Crippen molar-refractivity contribution in [1.29, 1.82) is 0 Å². The Morgan fingerprint density at radius 3 is 2.90 bits per heavy atom. The molecular weight excluding hydrogens is 250 g/mol. The van der Waals surface area contributed by atoms with Crippen molar-refractivity contribution >= 4 is 5.91 Å². The van der Waals surface area contributed by atoms with Gasteiger partial charge in [-0.05, 0) is 55.7 Å². The van der Waals surface area contributed by atoms with E-state index in [0.29, 0.717) is 12.3 Å². The lowest BCUT2D eigenvalue weighted by Crippen LogP contribution is -2.33. The van der Waals surface area contributed by atoms with E-state index in [1.165, 1.54) is 16.7 Å². The van der Waals surface area contributed by atoms with E-state index in [2.05, 4.69) is 37.4 Å². The standard InChI is InChI=1S/C17H25NO2/c1-13-5-6-15(10-14(13)2)7-8-17(19)18-11-16-4-3-9-20-12-16/h5-6,10,16H,3-4,7-9,11-12H2,1-2H3,(H,18,19)/t16-/m0/s1. The first-order valence-corrected chi connectivity index (χ1v) is 7.55. The molecule has 1 N–H and O–H groups in total. The lowest BCUT2D eigenvalue weighted by Gasteiger charge is -2.22. The Morgan fingerprint density at radius 1 is 1.35 bits per heavy atom. The van der Waals surface area contributed by atoms with Crippen molar-refractivity contribution in [3.8, 4) is 0 Å². The van der Waals surface area contributed by atoms with Crippen LogP contribution in [0.3, 0.4) is 0 Å². The molecule has 0 saturated carbocycles. The van der Waals surface area contributed by atoms with Gasteiger partial charge in [-0.25, -0.2) is 0 Å². The molecule has 0 aliphatic carbocycles. The molecule has 1 aliphatic heterocycles. The zero-order valence-corrected chi connectivity index (χ0v) is 12.6. The van der Waals surface area contributed by atoms with Crippen LogP contribution in [0.5, 0.6) is 0 Å². The minimum absolute atomic E-state index is 0.147. The van der Waals surface area contributed by atoms with Crippen LogP contribution in [-0.2, 0) is 16.0 Å². The van der Waals surface area contributed by atoms with Crippen molar-refractivity contribution in [1.82, 2.24) is 5.32 Å². The monoisotopic (exact) mass is 275 g/mol. The molecule has 3 heteroatoms. The van der Waals surface area contributed by atoms with Gasteiger partial charge in [0.05, 0.1) is 6.61 Å². The maximum Gasteiger partial charge on any atom is 0.220 e. The summed E-state index contributed by atoms with van der Waals surface area (Å²) in [6, 6.07) is 6.42. The highest BCUT2D eigenvalue weighted by atomic mass is 16.5. The molecule has 20 heavy (non-hydrogen) atoms. The molecule has 1 aromatic carbocycles. The highest BCUT2D eigenvalue weighted by Gasteiger charge is 2.14. The molecule has 1 aliphatic rings. The van der Waals surface area contributed by atoms with E-state index in [9.17, 15) is 4.79 Å². The summed E-state index contributed by atoms with van der Waals surface area (Å²) in [7, 11) is 0. The average Bonchev–Trinajstić information content (AvgIpc) is 2.47. The van der Waals surface area contributed by atoms with E-state index in [1.807, 2.05) is 0 Å². The summed E-state index contributed by atoms with van der Waals surface area (Å²) in [5.41, 5.74) is 3.84. The Balaban J connectivity index is 1.70. The fraction of sp³-hybridized carbons (Fsp3) is 0.588. The van der Waals surface area contributed by atoms with Gasteiger partial charge in [-0.3, -0.25) is 4.79 Å².